The van der Waals surface area contributed by atoms with Crippen molar-refractivity contribution < 1.29 is 0 Å². The summed E-state index contributed by atoms with van der Waals surface area (Å²) in [6, 6.07) is 3.31. The molecule has 3 rings (SSSR count). The summed E-state index contributed by atoms with van der Waals surface area (Å²) in [6.07, 6.45) is 8.42. The molecule has 3 nitrogen and oxygen atoms in total. The predicted molar refractivity (Wildman–Crippen MR) is 75.9 cm³/mol. The van der Waals surface area contributed by atoms with Crippen LogP contribution in [0.25, 0.3) is 0 Å². The van der Waals surface area contributed by atoms with Gasteiger partial charge in [0.25, 0.3) is 0 Å². The van der Waals surface area contributed by atoms with Crippen LogP contribution in [0.15, 0.2) is 0 Å². The molecule has 0 bridgehead atoms. The molecular formula is C15H29N3. The van der Waals surface area contributed by atoms with Gasteiger partial charge in [0.05, 0.1) is 0 Å². The molecule has 18 heavy (non-hydrogen) atoms. The number of hydrogen-bond acceptors (Lipinski definition) is 3. The maximum absolute atomic E-state index is 3.46. The quantitative estimate of drug-likeness (QED) is 0.806. The maximum Gasteiger partial charge on any atom is 0.0125 e. The Morgan fingerprint density at radius 1 is 0.944 bits per heavy atom. The van der Waals surface area contributed by atoms with E-state index in [0.29, 0.717) is 0 Å². The van der Waals surface area contributed by atoms with Gasteiger partial charge in [-0.3, -0.25) is 4.90 Å². The fourth-order valence-corrected chi connectivity index (χ4v) is 4.50. The molecule has 104 valence electrons. The van der Waals surface area contributed by atoms with E-state index in [0.717, 1.165) is 24.2 Å². The first-order valence-corrected chi connectivity index (χ1v) is 7.95. The first-order valence-electron chi connectivity index (χ1n) is 7.95. The average Bonchev–Trinajstić information content (AvgIpc) is 2.85. The molecule has 0 aromatic carbocycles. The molecule has 0 saturated carbocycles. The van der Waals surface area contributed by atoms with Crippen LogP contribution in [0.5, 0.6) is 0 Å². The SMILES string of the molecule is CNC1CCN(C2CCN3CCCC3C2)C(C)C1. The first-order chi connectivity index (χ1) is 8.78. The number of hydrogen-bond donors (Lipinski definition) is 1. The molecule has 3 fully saturated rings. The van der Waals surface area contributed by atoms with Crippen LogP contribution < -0.4 is 5.32 Å². The maximum atomic E-state index is 3.46. The largest absolute Gasteiger partial charge is 0.317 e. The van der Waals surface area contributed by atoms with Crippen molar-refractivity contribution in [2.75, 3.05) is 26.7 Å². The van der Waals surface area contributed by atoms with Gasteiger partial charge in [0, 0.05) is 30.7 Å². The molecule has 3 heterocycles. The third kappa shape index (κ3) is 2.45. The third-order valence-corrected chi connectivity index (χ3v) is 5.60. The molecule has 0 radical (unpaired) electrons. The zero-order valence-corrected chi connectivity index (χ0v) is 12.1. The topological polar surface area (TPSA) is 18.5 Å². The lowest BCUT2D eigenvalue weighted by Gasteiger charge is -2.46. The highest BCUT2D eigenvalue weighted by molar-refractivity contribution is 4.94. The lowest BCUT2D eigenvalue weighted by molar-refractivity contribution is 0.0361. The number of fused-ring (bicyclic) bond motifs is 1. The highest BCUT2D eigenvalue weighted by Gasteiger charge is 2.37. The Hall–Kier alpha value is -0.120. The summed E-state index contributed by atoms with van der Waals surface area (Å²) in [5.74, 6) is 0. The number of likely N-dealkylation sites (tertiary alicyclic amines) is 1. The highest BCUT2D eigenvalue weighted by atomic mass is 15.2. The Bertz CT molecular complexity index is 281. The van der Waals surface area contributed by atoms with Gasteiger partial charge in [-0.15, -0.1) is 0 Å². The van der Waals surface area contributed by atoms with Crippen molar-refractivity contribution in [1.82, 2.24) is 15.1 Å². The van der Waals surface area contributed by atoms with Crippen molar-refractivity contribution in [1.29, 1.82) is 0 Å². The number of nitrogens with one attached hydrogen (secondary N) is 1. The normalized spacial score (nSPS) is 43.0. The van der Waals surface area contributed by atoms with Gasteiger partial charge in [0.1, 0.15) is 0 Å². The van der Waals surface area contributed by atoms with Crippen molar-refractivity contribution in [3.8, 4) is 0 Å². The van der Waals surface area contributed by atoms with Gasteiger partial charge in [-0.05, 0) is 65.6 Å². The number of rotatable bonds is 2. The monoisotopic (exact) mass is 251 g/mol. The Kier molecular flexibility index (Phi) is 3.92. The minimum Gasteiger partial charge on any atom is -0.317 e. The summed E-state index contributed by atoms with van der Waals surface area (Å²) in [7, 11) is 2.12. The second kappa shape index (κ2) is 5.48. The van der Waals surface area contributed by atoms with Gasteiger partial charge in [0.15, 0.2) is 0 Å². The summed E-state index contributed by atoms with van der Waals surface area (Å²) >= 11 is 0. The van der Waals surface area contributed by atoms with E-state index in [9.17, 15) is 0 Å². The van der Waals surface area contributed by atoms with E-state index >= 15 is 0 Å². The minimum absolute atomic E-state index is 0.753. The van der Waals surface area contributed by atoms with Crippen LogP contribution in [0.4, 0.5) is 0 Å². The van der Waals surface area contributed by atoms with E-state index in [1.54, 1.807) is 0 Å². The molecule has 4 unspecified atom stereocenters. The van der Waals surface area contributed by atoms with Gasteiger partial charge in [0.2, 0.25) is 0 Å². The molecule has 0 aromatic heterocycles. The fourth-order valence-electron chi connectivity index (χ4n) is 4.50. The lowest BCUT2D eigenvalue weighted by Crippen LogP contribution is -2.54. The summed E-state index contributed by atoms with van der Waals surface area (Å²) in [5, 5.41) is 3.46. The second-order valence-electron chi connectivity index (χ2n) is 6.61. The van der Waals surface area contributed by atoms with E-state index in [1.165, 1.54) is 58.2 Å². The van der Waals surface area contributed by atoms with Gasteiger partial charge >= 0.3 is 0 Å². The molecular weight excluding hydrogens is 222 g/mol. The van der Waals surface area contributed by atoms with Gasteiger partial charge < -0.3 is 10.2 Å². The molecule has 3 aliphatic rings. The van der Waals surface area contributed by atoms with Crippen LogP contribution in [0, 0.1) is 0 Å². The van der Waals surface area contributed by atoms with Gasteiger partial charge in [-0.25, -0.2) is 0 Å². The smallest absolute Gasteiger partial charge is 0.0125 e. The van der Waals surface area contributed by atoms with Crippen LogP contribution in [0.1, 0.15) is 45.4 Å². The molecule has 4 atom stereocenters. The molecule has 0 amide bonds. The standard InChI is InChI=1S/C15H29N3/c1-12-10-13(16-2)5-9-18(12)15-6-8-17-7-3-4-14(17)11-15/h12-16H,3-11H2,1-2H3. The molecule has 0 aliphatic carbocycles. The van der Waals surface area contributed by atoms with Crippen molar-refractivity contribution in [3.63, 3.8) is 0 Å². The van der Waals surface area contributed by atoms with Gasteiger partial charge in [-0.1, -0.05) is 0 Å². The zero-order valence-electron chi connectivity index (χ0n) is 12.1. The second-order valence-corrected chi connectivity index (χ2v) is 6.61. The van der Waals surface area contributed by atoms with Crippen LogP contribution in [0.2, 0.25) is 0 Å². The molecule has 0 aromatic rings. The third-order valence-electron chi connectivity index (χ3n) is 5.60. The average molecular weight is 251 g/mol. The predicted octanol–water partition coefficient (Wildman–Crippen LogP) is 1.69. The minimum atomic E-state index is 0.753. The van der Waals surface area contributed by atoms with Crippen LogP contribution in [-0.2, 0) is 0 Å². The molecule has 3 saturated heterocycles. The Balaban J connectivity index is 1.58. The number of piperidine rings is 2. The van der Waals surface area contributed by atoms with Crippen molar-refractivity contribution in [2.24, 2.45) is 0 Å². The highest BCUT2D eigenvalue weighted by Crippen LogP contribution is 2.32. The van der Waals surface area contributed by atoms with Crippen molar-refractivity contribution in [2.45, 2.75) is 69.6 Å². The Labute approximate surface area is 112 Å². The van der Waals surface area contributed by atoms with Crippen LogP contribution >= 0.6 is 0 Å². The Morgan fingerprint density at radius 2 is 1.83 bits per heavy atom. The first kappa shape index (κ1) is 12.9. The summed E-state index contributed by atoms with van der Waals surface area (Å²) in [6.45, 7) is 6.47. The van der Waals surface area contributed by atoms with Crippen molar-refractivity contribution >= 4 is 0 Å². The van der Waals surface area contributed by atoms with Gasteiger partial charge in [-0.2, -0.15) is 0 Å². The van der Waals surface area contributed by atoms with Crippen LogP contribution in [-0.4, -0.2) is 60.6 Å². The summed E-state index contributed by atoms with van der Waals surface area (Å²) < 4.78 is 0. The lowest BCUT2D eigenvalue weighted by atomic mass is 9.90. The molecule has 0 spiro atoms. The summed E-state index contributed by atoms with van der Waals surface area (Å²) in [4.78, 5) is 5.56. The van der Waals surface area contributed by atoms with E-state index in [-0.39, 0.29) is 0 Å². The Morgan fingerprint density at radius 3 is 2.61 bits per heavy atom. The van der Waals surface area contributed by atoms with E-state index < -0.39 is 0 Å². The molecule has 3 heteroatoms. The number of nitrogens with zero attached hydrogens (tertiary/aromatic N) is 2. The van der Waals surface area contributed by atoms with E-state index in [2.05, 4.69) is 29.1 Å². The molecule has 1 N–H and O–H groups in total. The zero-order chi connectivity index (χ0) is 12.5. The fraction of sp³-hybridized carbons (Fsp3) is 1.00. The summed E-state index contributed by atoms with van der Waals surface area (Å²) in [5.41, 5.74) is 0. The van der Waals surface area contributed by atoms with E-state index in [1.807, 2.05) is 0 Å². The van der Waals surface area contributed by atoms with Crippen LogP contribution in [0.3, 0.4) is 0 Å². The van der Waals surface area contributed by atoms with Crippen molar-refractivity contribution in [3.05, 3.63) is 0 Å². The van der Waals surface area contributed by atoms with E-state index in [4.69, 9.17) is 0 Å². The molecule has 3 aliphatic heterocycles.